The van der Waals surface area contributed by atoms with Crippen LogP contribution < -0.4 is 5.32 Å². The van der Waals surface area contributed by atoms with Gasteiger partial charge in [-0.25, -0.2) is 0 Å². The summed E-state index contributed by atoms with van der Waals surface area (Å²) in [6.07, 6.45) is 5.44. The number of carbonyl (C=O) groups is 3. The molecule has 1 aliphatic carbocycles. The molecule has 1 aromatic carbocycles. The first-order valence-corrected chi connectivity index (χ1v) is 8.98. The fourth-order valence-corrected chi connectivity index (χ4v) is 3.64. The molecule has 2 unspecified atom stereocenters. The zero-order valence-corrected chi connectivity index (χ0v) is 16.5. The van der Waals surface area contributed by atoms with E-state index in [4.69, 9.17) is 6.42 Å². The maximum Gasteiger partial charge on any atom is 0.221 e. The number of hydrogen-bond acceptors (Lipinski definition) is 3. The summed E-state index contributed by atoms with van der Waals surface area (Å²) in [6, 6.07) is 3.80. The fourth-order valence-electron chi connectivity index (χ4n) is 3.64. The highest BCUT2D eigenvalue weighted by atomic mass is 16.2. The molecule has 0 radical (unpaired) electrons. The first-order valence-electron chi connectivity index (χ1n) is 8.98. The third-order valence-corrected chi connectivity index (χ3v) is 4.85. The van der Waals surface area contributed by atoms with Gasteiger partial charge in [0.2, 0.25) is 5.91 Å². The molecule has 2 atom stereocenters. The molecule has 0 heterocycles. The molecule has 1 N–H and O–H groups in total. The number of amides is 1. The van der Waals surface area contributed by atoms with Gasteiger partial charge in [0.15, 0.2) is 5.78 Å². The molecule has 1 amide bonds. The van der Waals surface area contributed by atoms with E-state index in [9.17, 15) is 14.4 Å². The molecule has 1 aliphatic rings. The molecule has 0 spiro atoms. The standard InChI is InChI=1S/C23H25NO3/c1-7-9-16-10-14(3)20(15(4)11-16)21-18(25)12-17(22(21)27)13-19(26)24-23(5,6)8-2/h2,10-11,17,21H,12-13H2,1,3-6H3,(H,24,26). The summed E-state index contributed by atoms with van der Waals surface area (Å²) in [6.45, 7) is 8.96. The maximum atomic E-state index is 12.9. The summed E-state index contributed by atoms with van der Waals surface area (Å²) in [5.41, 5.74) is 2.57. The van der Waals surface area contributed by atoms with Gasteiger partial charge in [-0.1, -0.05) is 11.8 Å². The summed E-state index contributed by atoms with van der Waals surface area (Å²) < 4.78 is 0. The monoisotopic (exact) mass is 363 g/mol. The molecule has 1 aromatic rings. The van der Waals surface area contributed by atoms with Gasteiger partial charge < -0.3 is 5.32 Å². The number of benzene rings is 1. The molecule has 1 saturated carbocycles. The Labute approximate surface area is 161 Å². The van der Waals surface area contributed by atoms with E-state index in [1.807, 2.05) is 26.0 Å². The second-order valence-corrected chi connectivity index (χ2v) is 7.62. The highest BCUT2D eigenvalue weighted by molar-refractivity contribution is 6.15. The van der Waals surface area contributed by atoms with Crippen LogP contribution >= 0.6 is 0 Å². The van der Waals surface area contributed by atoms with Crippen molar-refractivity contribution in [2.75, 3.05) is 0 Å². The molecule has 4 nitrogen and oxygen atoms in total. The van der Waals surface area contributed by atoms with Gasteiger partial charge in [-0.2, -0.15) is 0 Å². The van der Waals surface area contributed by atoms with Crippen molar-refractivity contribution in [2.45, 2.75) is 58.9 Å². The van der Waals surface area contributed by atoms with Gasteiger partial charge in [-0.15, -0.1) is 12.3 Å². The lowest BCUT2D eigenvalue weighted by atomic mass is 9.86. The van der Waals surface area contributed by atoms with Crippen LogP contribution in [-0.2, 0) is 14.4 Å². The fraction of sp³-hybridized carbons (Fsp3) is 0.435. The highest BCUT2D eigenvalue weighted by Crippen LogP contribution is 2.37. The third kappa shape index (κ3) is 4.47. The van der Waals surface area contributed by atoms with Crippen molar-refractivity contribution < 1.29 is 14.4 Å². The minimum atomic E-state index is -0.799. The smallest absolute Gasteiger partial charge is 0.221 e. The number of carbonyl (C=O) groups excluding carboxylic acids is 3. The normalized spacial score (nSPS) is 19.3. The van der Waals surface area contributed by atoms with Crippen molar-refractivity contribution in [1.82, 2.24) is 5.32 Å². The Hall–Kier alpha value is -2.85. The minimum Gasteiger partial charge on any atom is -0.340 e. The lowest BCUT2D eigenvalue weighted by Crippen LogP contribution is -2.43. The molecule has 0 aliphatic heterocycles. The van der Waals surface area contributed by atoms with Crippen LogP contribution in [-0.4, -0.2) is 23.0 Å². The summed E-state index contributed by atoms with van der Waals surface area (Å²) in [5, 5.41) is 2.71. The molecule has 140 valence electrons. The topological polar surface area (TPSA) is 63.2 Å². The van der Waals surface area contributed by atoms with Crippen LogP contribution in [0.25, 0.3) is 0 Å². The second-order valence-electron chi connectivity index (χ2n) is 7.62. The summed E-state index contributed by atoms with van der Waals surface area (Å²) in [4.78, 5) is 37.8. The van der Waals surface area contributed by atoms with E-state index in [1.165, 1.54) is 0 Å². The molecule has 4 heteroatoms. The van der Waals surface area contributed by atoms with E-state index in [0.29, 0.717) is 0 Å². The number of terminal acetylenes is 1. The van der Waals surface area contributed by atoms with Crippen LogP contribution in [0.4, 0.5) is 0 Å². The van der Waals surface area contributed by atoms with Crippen molar-refractivity contribution >= 4 is 17.5 Å². The van der Waals surface area contributed by atoms with E-state index in [0.717, 1.165) is 22.3 Å². The molecule has 0 aromatic heterocycles. The molecule has 0 saturated heterocycles. The van der Waals surface area contributed by atoms with Gasteiger partial charge in [0, 0.05) is 24.3 Å². The number of aryl methyl sites for hydroxylation is 2. The Bertz CT molecular complexity index is 883. The van der Waals surface area contributed by atoms with Crippen molar-refractivity contribution in [3.05, 3.63) is 34.4 Å². The maximum absolute atomic E-state index is 12.9. The molecular weight excluding hydrogens is 338 g/mol. The van der Waals surface area contributed by atoms with Crippen LogP contribution in [0.1, 0.15) is 61.8 Å². The number of nitrogens with one attached hydrogen (secondary N) is 1. The van der Waals surface area contributed by atoms with Gasteiger partial charge in [-0.05, 0) is 63.4 Å². The highest BCUT2D eigenvalue weighted by Gasteiger charge is 2.44. The average Bonchev–Trinajstić information content (AvgIpc) is 2.81. The quantitative estimate of drug-likeness (QED) is 0.661. The second kappa shape index (κ2) is 7.80. The average molecular weight is 363 g/mol. The van der Waals surface area contributed by atoms with Crippen LogP contribution in [0.5, 0.6) is 0 Å². The van der Waals surface area contributed by atoms with Gasteiger partial charge in [0.25, 0.3) is 0 Å². The van der Waals surface area contributed by atoms with E-state index < -0.39 is 17.4 Å². The van der Waals surface area contributed by atoms with E-state index in [1.54, 1.807) is 20.8 Å². The Morgan fingerprint density at radius 3 is 2.37 bits per heavy atom. The third-order valence-electron chi connectivity index (χ3n) is 4.85. The predicted octanol–water partition coefficient (Wildman–Crippen LogP) is 2.83. The van der Waals surface area contributed by atoms with Crippen LogP contribution in [0.15, 0.2) is 12.1 Å². The van der Waals surface area contributed by atoms with Crippen LogP contribution in [0, 0.1) is 44.0 Å². The number of Topliss-reactive ketones (excluding diaryl/α,β-unsaturated/α-hetero) is 2. The number of hydrogen-bond donors (Lipinski definition) is 1. The van der Waals surface area contributed by atoms with Gasteiger partial charge in [-0.3, -0.25) is 14.4 Å². The zero-order chi connectivity index (χ0) is 20.4. The Morgan fingerprint density at radius 1 is 1.26 bits per heavy atom. The molecular formula is C23H25NO3. The SMILES string of the molecule is C#CC(C)(C)NC(=O)CC1CC(=O)C(c2c(C)cc(C#CC)cc2C)C1=O. The number of ketones is 2. The Balaban J connectivity index is 2.25. The predicted molar refractivity (Wildman–Crippen MR) is 105 cm³/mol. The van der Waals surface area contributed by atoms with Crippen LogP contribution in [0.3, 0.4) is 0 Å². The van der Waals surface area contributed by atoms with Gasteiger partial charge in [0.05, 0.1) is 5.54 Å². The summed E-state index contributed by atoms with van der Waals surface area (Å²) >= 11 is 0. The number of rotatable bonds is 4. The molecule has 0 bridgehead atoms. The first-order chi connectivity index (χ1) is 12.6. The molecule has 27 heavy (non-hydrogen) atoms. The molecule has 1 fully saturated rings. The largest absolute Gasteiger partial charge is 0.340 e. The van der Waals surface area contributed by atoms with Gasteiger partial charge >= 0.3 is 0 Å². The van der Waals surface area contributed by atoms with Crippen molar-refractivity contribution in [2.24, 2.45) is 5.92 Å². The minimum absolute atomic E-state index is 0.0241. The first kappa shape index (κ1) is 20.5. The lowest BCUT2D eigenvalue weighted by molar-refractivity contribution is -0.129. The Kier molecular flexibility index (Phi) is 5.91. The van der Waals surface area contributed by atoms with E-state index >= 15 is 0 Å². The summed E-state index contributed by atoms with van der Waals surface area (Å²) in [7, 11) is 0. The van der Waals surface area contributed by atoms with E-state index in [2.05, 4.69) is 23.1 Å². The van der Waals surface area contributed by atoms with Crippen molar-refractivity contribution in [3.63, 3.8) is 0 Å². The van der Waals surface area contributed by atoms with Gasteiger partial charge in [0.1, 0.15) is 11.7 Å². The van der Waals surface area contributed by atoms with Crippen molar-refractivity contribution in [3.8, 4) is 24.2 Å². The Morgan fingerprint density at radius 2 is 1.85 bits per heavy atom. The summed E-state index contributed by atoms with van der Waals surface area (Å²) in [5.74, 6) is 6.31. The molecule has 2 rings (SSSR count). The zero-order valence-electron chi connectivity index (χ0n) is 16.5. The lowest BCUT2D eigenvalue weighted by Gasteiger charge is -2.20. The van der Waals surface area contributed by atoms with Crippen molar-refractivity contribution in [1.29, 1.82) is 0 Å². The van der Waals surface area contributed by atoms with Crippen LogP contribution in [0.2, 0.25) is 0 Å². The van der Waals surface area contributed by atoms with E-state index in [-0.39, 0.29) is 30.3 Å².